The van der Waals surface area contributed by atoms with Crippen LogP contribution < -0.4 is 5.32 Å². The molecule has 1 N–H and O–H groups in total. The number of aromatic nitrogens is 1. The third kappa shape index (κ3) is 4.27. The highest BCUT2D eigenvalue weighted by atomic mass is 16.2. The first kappa shape index (κ1) is 18.3. The number of nitrogens with one attached hydrogen (secondary N) is 1. The molecule has 0 radical (unpaired) electrons. The second-order valence-corrected chi connectivity index (χ2v) is 8.27. The Morgan fingerprint density at radius 3 is 2.44 bits per heavy atom. The first-order chi connectivity index (χ1) is 13.1. The van der Waals surface area contributed by atoms with E-state index in [0.717, 1.165) is 55.3 Å². The number of piperidine rings is 1. The van der Waals surface area contributed by atoms with Crippen LogP contribution in [-0.4, -0.2) is 41.1 Å². The molecule has 1 aliphatic carbocycles. The van der Waals surface area contributed by atoms with Gasteiger partial charge in [-0.15, -0.1) is 0 Å². The van der Waals surface area contributed by atoms with Crippen molar-refractivity contribution in [1.29, 1.82) is 0 Å². The average molecular weight is 366 g/mol. The molecule has 2 heterocycles. The molecule has 2 aromatic rings. The van der Waals surface area contributed by atoms with E-state index in [0.29, 0.717) is 6.04 Å². The van der Waals surface area contributed by atoms with Crippen molar-refractivity contribution in [3.05, 3.63) is 58.9 Å². The monoisotopic (exact) mass is 365 g/mol. The maximum absolute atomic E-state index is 13.1. The lowest BCUT2D eigenvalue weighted by molar-refractivity contribution is 0.0704. The molecule has 1 aromatic carbocycles. The fraction of sp³-hybridized carbons (Fsp3) is 0.522. The van der Waals surface area contributed by atoms with Crippen LogP contribution in [0.2, 0.25) is 0 Å². The molecule has 4 heteroatoms. The molecular weight excluding hydrogens is 334 g/mol. The van der Waals surface area contributed by atoms with Crippen LogP contribution in [0.1, 0.15) is 53.0 Å². The Kier molecular flexibility index (Phi) is 5.35. The van der Waals surface area contributed by atoms with Gasteiger partial charge < -0.3 is 14.8 Å². The summed E-state index contributed by atoms with van der Waals surface area (Å²) in [5.74, 6) is 1.11. The normalized spacial score (nSPS) is 18.1. The second-order valence-electron chi connectivity index (χ2n) is 8.27. The van der Waals surface area contributed by atoms with Crippen LogP contribution in [0.3, 0.4) is 0 Å². The molecule has 0 spiro atoms. The molecule has 1 amide bonds. The number of likely N-dealkylation sites (tertiary alicyclic amines) is 1. The van der Waals surface area contributed by atoms with E-state index in [1.807, 2.05) is 11.0 Å². The molecular formula is C23H31N3O. The number of carbonyl (C=O) groups is 1. The predicted octanol–water partition coefficient (Wildman–Crippen LogP) is 3.76. The molecule has 2 fully saturated rings. The summed E-state index contributed by atoms with van der Waals surface area (Å²) >= 11 is 0. The minimum Gasteiger partial charge on any atom is -0.344 e. The van der Waals surface area contributed by atoms with Crippen molar-refractivity contribution in [2.75, 3.05) is 19.6 Å². The minimum absolute atomic E-state index is 0.197. The quantitative estimate of drug-likeness (QED) is 0.846. The molecule has 0 unspecified atom stereocenters. The maximum Gasteiger partial charge on any atom is 0.255 e. The zero-order chi connectivity index (χ0) is 18.8. The molecule has 1 aromatic heterocycles. The van der Waals surface area contributed by atoms with Gasteiger partial charge in [0.2, 0.25) is 0 Å². The summed E-state index contributed by atoms with van der Waals surface area (Å²) in [7, 11) is 0. The summed E-state index contributed by atoms with van der Waals surface area (Å²) in [6.07, 6.45) is 4.92. The lowest BCUT2D eigenvalue weighted by atomic mass is 10.0. The molecule has 0 atom stereocenters. The van der Waals surface area contributed by atoms with Crippen molar-refractivity contribution in [3.63, 3.8) is 0 Å². The van der Waals surface area contributed by atoms with E-state index in [1.165, 1.54) is 24.9 Å². The fourth-order valence-corrected chi connectivity index (χ4v) is 4.14. The largest absolute Gasteiger partial charge is 0.344 e. The summed E-state index contributed by atoms with van der Waals surface area (Å²) in [5, 5.41) is 3.69. The number of hydrogen-bond donors (Lipinski definition) is 1. The summed E-state index contributed by atoms with van der Waals surface area (Å²) in [6.45, 7) is 7.89. The Balaban J connectivity index is 1.39. The molecule has 1 saturated heterocycles. The summed E-state index contributed by atoms with van der Waals surface area (Å²) < 4.78 is 2.26. The van der Waals surface area contributed by atoms with Gasteiger partial charge in [-0.1, -0.05) is 30.3 Å². The number of nitrogens with zero attached hydrogens (tertiary/aromatic N) is 2. The van der Waals surface area contributed by atoms with Gasteiger partial charge in [-0.25, -0.2) is 0 Å². The number of amides is 1. The molecule has 2 aliphatic rings. The van der Waals surface area contributed by atoms with Crippen molar-refractivity contribution >= 4 is 5.91 Å². The molecule has 1 aliphatic heterocycles. The van der Waals surface area contributed by atoms with Crippen LogP contribution in [-0.2, 0) is 6.54 Å². The van der Waals surface area contributed by atoms with Crippen LogP contribution in [0, 0.1) is 19.8 Å². The van der Waals surface area contributed by atoms with Gasteiger partial charge in [-0.2, -0.15) is 0 Å². The van der Waals surface area contributed by atoms with Crippen molar-refractivity contribution in [3.8, 4) is 0 Å². The Bertz CT molecular complexity index is 783. The van der Waals surface area contributed by atoms with Crippen molar-refractivity contribution < 1.29 is 4.79 Å². The van der Waals surface area contributed by atoms with Gasteiger partial charge in [-0.05, 0) is 63.6 Å². The van der Waals surface area contributed by atoms with E-state index in [2.05, 4.69) is 54.1 Å². The number of carbonyl (C=O) groups excluding carboxylic acids is 1. The fourth-order valence-electron chi connectivity index (χ4n) is 4.14. The Labute approximate surface area is 162 Å². The third-order valence-electron chi connectivity index (χ3n) is 6.16. The Morgan fingerprint density at radius 1 is 1.07 bits per heavy atom. The first-order valence-electron chi connectivity index (χ1n) is 10.3. The standard InChI is InChI=1S/C23H31N3O/c1-17-14-22(18(2)26(17)16-20-6-4-3-5-7-20)23(27)25-12-10-21(11-13-25)24-15-19-8-9-19/h3-7,14,19,21,24H,8-13,15-16H2,1-2H3. The topological polar surface area (TPSA) is 37.3 Å². The van der Waals surface area contributed by atoms with E-state index in [1.54, 1.807) is 0 Å². The smallest absolute Gasteiger partial charge is 0.255 e. The highest BCUT2D eigenvalue weighted by Gasteiger charge is 2.27. The van der Waals surface area contributed by atoms with Gasteiger partial charge in [0.25, 0.3) is 5.91 Å². The van der Waals surface area contributed by atoms with Crippen LogP contribution in [0.5, 0.6) is 0 Å². The van der Waals surface area contributed by atoms with E-state index in [9.17, 15) is 4.79 Å². The average Bonchev–Trinajstić information content (AvgIpc) is 3.49. The zero-order valence-electron chi connectivity index (χ0n) is 16.6. The van der Waals surface area contributed by atoms with Crippen molar-refractivity contribution in [1.82, 2.24) is 14.8 Å². The number of aryl methyl sites for hydroxylation is 1. The van der Waals surface area contributed by atoms with Crippen LogP contribution in [0.4, 0.5) is 0 Å². The van der Waals surface area contributed by atoms with Crippen LogP contribution in [0.15, 0.2) is 36.4 Å². The Morgan fingerprint density at radius 2 is 1.78 bits per heavy atom. The Hall–Kier alpha value is -2.07. The third-order valence-corrected chi connectivity index (χ3v) is 6.16. The van der Waals surface area contributed by atoms with Gasteiger partial charge in [-0.3, -0.25) is 4.79 Å². The summed E-state index contributed by atoms with van der Waals surface area (Å²) in [6, 6.07) is 13.1. The van der Waals surface area contributed by atoms with E-state index < -0.39 is 0 Å². The highest BCUT2D eigenvalue weighted by Crippen LogP contribution is 2.28. The van der Waals surface area contributed by atoms with Crippen LogP contribution >= 0.6 is 0 Å². The van der Waals surface area contributed by atoms with E-state index in [-0.39, 0.29) is 5.91 Å². The summed E-state index contributed by atoms with van der Waals surface area (Å²) in [5.41, 5.74) is 4.37. The minimum atomic E-state index is 0.197. The van der Waals surface area contributed by atoms with Gasteiger partial charge in [0.05, 0.1) is 5.56 Å². The van der Waals surface area contributed by atoms with Gasteiger partial charge >= 0.3 is 0 Å². The van der Waals surface area contributed by atoms with Gasteiger partial charge in [0.15, 0.2) is 0 Å². The van der Waals surface area contributed by atoms with Gasteiger partial charge in [0.1, 0.15) is 0 Å². The lowest BCUT2D eigenvalue weighted by Crippen LogP contribution is -2.45. The van der Waals surface area contributed by atoms with E-state index >= 15 is 0 Å². The predicted molar refractivity (Wildman–Crippen MR) is 109 cm³/mol. The highest BCUT2D eigenvalue weighted by molar-refractivity contribution is 5.95. The maximum atomic E-state index is 13.1. The molecule has 4 rings (SSSR count). The molecule has 27 heavy (non-hydrogen) atoms. The molecule has 1 saturated carbocycles. The van der Waals surface area contributed by atoms with Crippen LogP contribution in [0.25, 0.3) is 0 Å². The summed E-state index contributed by atoms with van der Waals surface area (Å²) in [4.78, 5) is 15.2. The molecule has 0 bridgehead atoms. The van der Waals surface area contributed by atoms with E-state index in [4.69, 9.17) is 0 Å². The number of rotatable bonds is 6. The number of benzene rings is 1. The molecule has 144 valence electrons. The van der Waals surface area contributed by atoms with Gasteiger partial charge in [0, 0.05) is 37.1 Å². The zero-order valence-corrected chi connectivity index (χ0v) is 16.6. The SMILES string of the molecule is Cc1cc(C(=O)N2CCC(NCC3CC3)CC2)c(C)n1Cc1ccccc1. The second kappa shape index (κ2) is 7.89. The lowest BCUT2D eigenvalue weighted by Gasteiger charge is -2.32. The molecule has 4 nitrogen and oxygen atoms in total. The van der Waals surface area contributed by atoms with Crippen molar-refractivity contribution in [2.24, 2.45) is 5.92 Å². The number of hydrogen-bond acceptors (Lipinski definition) is 2. The first-order valence-corrected chi connectivity index (χ1v) is 10.3. The van der Waals surface area contributed by atoms with Crippen molar-refractivity contribution in [2.45, 2.75) is 52.1 Å².